The van der Waals surface area contributed by atoms with Gasteiger partial charge in [-0.15, -0.1) is 0 Å². The average molecular weight is 370 g/mol. The fourth-order valence-electron chi connectivity index (χ4n) is 2.76. The minimum absolute atomic E-state index is 0.175. The fraction of sp³-hybridized carbons (Fsp3) is 0.533. The molecule has 1 N–H and O–H groups in total. The molecule has 0 bridgehead atoms. The first-order valence-corrected chi connectivity index (χ1v) is 8.11. The second-order valence-corrected chi connectivity index (χ2v) is 6.78. The van der Waals surface area contributed by atoms with Crippen molar-refractivity contribution >= 4 is 28.5 Å². The summed E-state index contributed by atoms with van der Waals surface area (Å²) < 4.78 is 1.17. The Labute approximate surface area is 127 Å². The van der Waals surface area contributed by atoms with E-state index in [9.17, 15) is 4.79 Å². The molecular formula is C15H19IN2O. The van der Waals surface area contributed by atoms with Gasteiger partial charge in [0.05, 0.1) is 0 Å². The van der Waals surface area contributed by atoms with Crippen LogP contribution in [0.15, 0.2) is 24.3 Å². The molecule has 2 fully saturated rings. The second kappa shape index (κ2) is 5.79. The molecule has 1 unspecified atom stereocenters. The van der Waals surface area contributed by atoms with Gasteiger partial charge in [0.15, 0.2) is 0 Å². The Bertz CT molecular complexity index is 456. The number of carbonyl (C=O) groups is 1. The fourth-order valence-corrected chi connectivity index (χ4v) is 3.12. The SMILES string of the molecule is O=C(c1ccc(I)cc1)N1CCC(NC2CCC2)C1. The van der Waals surface area contributed by atoms with Crippen LogP contribution < -0.4 is 5.32 Å². The Morgan fingerprint density at radius 1 is 1.16 bits per heavy atom. The third kappa shape index (κ3) is 3.11. The Morgan fingerprint density at radius 3 is 2.53 bits per heavy atom. The van der Waals surface area contributed by atoms with E-state index in [4.69, 9.17) is 0 Å². The van der Waals surface area contributed by atoms with Crippen molar-refractivity contribution in [3.63, 3.8) is 0 Å². The summed E-state index contributed by atoms with van der Waals surface area (Å²) in [6, 6.07) is 9.05. The van der Waals surface area contributed by atoms with Gasteiger partial charge in [-0.1, -0.05) is 6.42 Å². The van der Waals surface area contributed by atoms with Crippen molar-refractivity contribution in [2.24, 2.45) is 0 Å². The molecule has 1 aliphatic heterocycles. The van der Waals surface area contributed by atoms with Gasteiger partial charge in [-0.3, -0.25) is 4.79 Å². The highest BCUT2D eigenvalue weighted by molar-refractivity contribution is 14.1. The molecule has 102 valence electrons. The molecule has 3 nitrogen and oxygen atoms in total. The quantitative estimate of drug-likeness (QED) is 0.830. The average Bonchev–Trinajstić information content (AvgIpc) is 2.82. The number of amides is 1. The number of rotatable bonds is 3. The highest BCUT2D eigenvalue weighted by atomic mass is 127. The van der Waals surface area contributed by atoms with Crippen LogP contribution in [-0.4, -0.2) is 36.0 Å². The first-order chi connectivity index (χ1) is 9.22. The van der Waals surface area contributed by atoms with Gasteiger partial charge in [-0.05, 0) is 66.1 Å². The number of hydrogen-bond donors (Lipinski definition) is 1. The Balaban J connectivity index is 1.57. The zero-order valence-electron chi connectivity index (χ0n) is 10.9. The first-order valence-electron chi connectivity index (χ1n) is 7.03. The van der Waals surface area contributed by atoms with Gasteiger partial charge >= 0.3 is 0 Å². The highest BCUT2D eigenvalue weighted by Crippen LogP contribution is 2.21. The Kier molecular flexibility index (Phi) is 4.07. The number of carbonyl (C=O) groups excluding carboxylic acids is 1. The molecule has 19 heavy (non-hydrogen) atoms. The maximum absolute atomic E-state index is 12.4. The van der Waals surface area contributed by atoms with Crippen molar-refractivity contribution < 1.29 is 4.79 Å². The summed E-state index contributed by atoms with van der Waals surface area (Å²) in [7, 11) is 0. The van der Waals surface area contributed by atoms with E-state index in [1.165, 1.54) is 22.8 Å². The molecule has 1 aromatic carbocycles. The molecule has 1 aliphatic carbocycles. The molecule has 0 aromatic heterocycles. The summed E-state index contributed by atoms with van der Waals surface area (Å²) in [4.78, 5) is 14.4. The lowest BCUT2D eigenvalue weighted by atomic mass is 9.92. The molecule has 4 heteroatoms. The Hall–Kier alpha value is -0.620. The summed E-state index contributed by atoms with van der Waals surface area (Å²) in [5, 5.41) is 3.67. The first kappa shape index (κ1) is 13.4. The summed E-state index contributed by atoms with van der Waals surface area (Å²) in [5.41, 5.74) is 0.810. The van der Waals surface area contributed by atoms with E-state index in [1.54, 1.807) is 0 Å². The van der Waals surface area contributed by atoms with Gasteiger partial charge < -0.3 is 10.2 Å². The lowest BCUT2D eigenvalue weighted by Crippen LogP contribution is -2.44. The van der Waals surface area contributed by atoms with E-state index in [0.717, 1.165) is 25.1 Å². The van der Waals surface area contributed by atoms with Crippen LogP contribution in [0.4, 0.5) is 0 Å². The van der Waals surface area contributed by atoms with Crippen molar-refractivity contribution in [1.29, 1.82) is 0 Å². The van der Waals surface area contributed by atoms with Crippen LogP contribution in [0.1, 0.15) is 36.0 Å². The molecule has 1 aromatic rings. The Morgan fingerprint density at radius 2 is 1.89 bits per heavy atom. The molecular weight excluding hydrogens is 351 g/mol. The lowest BCUT2D eigenvalue weighted by molar-refractivity contribution is 0.0788. The summed E-state index contributed by atoms with van der Waals surface area (Å²) >= 11 is 2.26. The molecule has 1 amide bonds. The normalized spacial score (nSPS) is 23.4. The van der Waals surface area contributed by atoms with Crippen molar-refractivity contribution in [2.75, 3.05) is 13.1 Å². The van der Waals surface area contributed by atoms with Crippen LogP contribution in [-0.2, 0) is 0 Å². The molecule has 0 spiro atoms. The number of benzene rings is 1. The number of halogens is 1. The van der Waals surface area contributed by atoms with E-state index in [0.29, 0.717) is 12.1 Å². The number of nitrogens with zero attached hydrogens (tertiary/aromatic N) is 1. The summed E-state index contributed by atoms with van der Waals surface area (Å²) in [5.74, 6) is 0.175. The number of likely N-dealkylation sites (tertiary alicyclic amines) is 1. The van der Waals surface area contributed by atoms with E-state index in [-0.39, 0.29) is 5.91 Å². The molecule has 1 saturated carbocycles. The van der Waals surface area contributed by atoms with Crippen LogP contribution in [0.5, 0.6) is 0 Å². The van der Waals surface area contributed by atoms with Gasteiger partial charge in [0, 0.05) is 34.3 Å². The maximum atomic E-state index is 12.4. The van der Waals surface area contributed by atoms with Crippen LogP contribution in [0.2, 0.25) is 0 Å². The molecule has 3 rings (SSSR count). The lowest BCUT2D eigenvalue weighted by Gasteiger charge is -2.29. The molecule has 0 radical (unpaired) electrons. The minimum Gasteiger partial charge on any atom is -0.337 e. The third-order valence-corrected chi connectivity index (χ3v) is 4.86. The van der Waals surface area contributed by atoms with Gasteiger partial charge in [0.2, 0.25) is 0 Å². The zero-order valence-corrected chi connectivity index (χ0v) is 13.1. The monoisotopic (exact) mass is 370 g/mol. The molecule has 1 atom stereocenters. The highest BCUT2D eigenvalue weighted by Gasteiger charge is 2.29. The van der Waals surface area contributed by atoms with Crippen molar-refractivity contribution in [2.45, 2.75) is 37.8 Å². The van der Waals surface area contributed by atoms with Crippen molar-refractivity contribution in [1.82, 2.24) is 10.2 Å². The second-order valence-electron chi connectivity index (χ2n) is 5.54. The summed E-state index contributed by atoms with van der Waals surface area (Å²) in [6.07, 6.45) is 5.06. The van der Waals surface area contributed by atoms with E-state index < -0.39 is 0 Å². The number of hydrogen-bond acceptors (Lipinski definition) is 2. The van der Waals surface area contributed by atoms with Crippen molar-refractivity contribution in [3.8, 4) is 0 Å². The van der Waals surface area contributed by atoms with Crippen LogP contribution in [0.25, 0.3) is 0 Å². The largest absolute Gasteiger partial charge is 0.337 e. The van der Waals surface area contributed by atoms with Crippen molar-refractivity contribution in [3.05, 3.63) is 33.4 Å². The van der Waals surface area contributed by atoms with Crippen LogP contribution in [0.3, 0.4) is 0 Å². The molecule has 1 heterocycles. The maximum Gasteiger partial charge on any atom is 0.253 e. The van der Waals surface area contributed by atoms with Gasteiger partial charge in [0.25, 0.3) is 5.91 Å². The van der Waals surface area contributed by atoms with E-state index in [2.05, 4.69) is 27.9 Å². The van der Waals surface area contributed by atoms with Gasteiger partial charge in [-0.25, -0.2) is 0 Å². The standard InChI is InChI=1S/C15H19IN2O/c16-12-6-4-11(5-7-12)15(19)18-9-8-14(10-18)17-13-2-1-3-13/h4-7,13-14,17H,1-3,8-10H2. The zero-order chi connectivity index (χ0) is 13.2. The topological polar surface area (TPSA) is 32.3 Å². The van der Waals surface area contributed by atoms with Gasteiger partial charge in [0.1, 0.15) is 0 Å². The third-order valence-electron chi connectivity index (χ3n) is 4.14. The van der Waals surface area contributed by atoms with Gasteiger partial charge in [-0.2, -0.15) is 0 Å². The smallest absolute Gasteiger partial charge is 0.253 e. The predicted molar refractivity (Wildman–Crippen MR) is 84.2 cm³/mol. The van der Waals surface area contributed by atoms with E-state index in [1.807, 2.05) is 29.2 Å². The van der Waals surface area contributed by atoms with Crippen LogP contribution >= 0.6 is 22.6 Å². The predicted octanol–water partition coefficient (Wildman–Crippen LogP) is 2.65. The molecule has 2 aliphatic rings. The minimum atomic E-state index is 0.175. The van der Waals surface area contributed by atoms with Crippen LogP contribution in [0, 0.1) is 3.57 Å². The summed E-state index contributed by atoms with van der Waals surface area (Å²) in [6.45, 7) is 1.75. The number of nitrogens with one attached hydrogen (secondary N) is 1. The molecule has 1 saturated heterocycles. The van der Waals surface area contributed by atoms with E-state index >= 15 is 0 Å².